The average molecular weight is 270 g/mol. The summed E-state index contributed by atoms with van der Waals surface area (Å²) < 4.78 is 0. The molecular formula is C17H22N2O. The smallest absolute Gasteiger partial charge is 0.221 e. The quantitative estimate of drug-likeness (QED) is 0.821. The lowest BCUT2D eigenvalue weighted by atomic mass is 9.93. The fraction of sp³-hybridized carbons (Fsp3) is 0.471. The van der Waals surface area contributed by atoms with Gasteiger partial charge in [-0.15, -0.1) is 0 Å². The summed E-state index contributed by atoms with van der Waals surface area (Å²) in [7, 11) is 0. The summed E-state index contributed by atoms with van der Waals surface area (Å²) in [6.07, 6.45) is 7.43. The molecule has 2 N–H and O–H groups in total. The van der Waals surface area contributed by atoms with E-state index in [0.29, 0.717) is 0 Å². The van der Waals surface area contributed by atoms with E-state index < -0.39 is 0 Å². The number of anilines is 2. The van der Waals surface area contributed by atoms with Crippen molar-refractivity contribution in [2.75, 3.05) is 17.2 Å². The van der Waals surface area contributed by atoms with Crippen molar-refractivity contribution in [2.24, 2.45) is 17.8 Å². The molecule has 1 fully saturated rings. The third-order valence-corrected chi connectivity index (χ3v) is 4.53. The molecule has 3 unspecified atom stereocenters. The molecule has 106 valence electrons. The van der Waals surface area contributed by atoms with Crippen molar-refractivity contribution in [1.82, 2.24) is 0 Å². The van der Waals surface area contributed by atoms with Gasteiger partial charge in [0.1, 0.15) is 0 Å². The number of benzene rings is 1. The molecule has 3 nitrogen and oxygen atoms in total. The van der Waals surface area contributed by atoms with Gasteiger partial charge in [-0.2, -0.15) is 0 Å². The standard InChI is InChI=1S/C17H22N2O/c1-11-3-6-16(9-17(11)19-12(2)20)18-10-15-8-13-4-5-14(15)7-13/h3-6,9,13-15,18H,7-8,10H2,1-2H3,(H,19,20). The molecule has 3 atom stereocenters. The van der Waals surface area contributed by atoms with Gasteiger partial charge in [-0.1, -0.05) is 18.2 Å². The molecule has 0 saturated heterocycles. The SMILES string of the molecule is CC(=O)Nc1cc(NCC2CC3C=CC2C3)ccc1C. The third kappa shape index (κ3) is 2.72. The summed E-state index contributed by atoms with van der Waals surface area (Å²) in [5.41, 5.74) is 3.08. The minimum atomic E-state index is -0.0245. The monoisotopic (exact) mass is 270 g/mol. The molecule has 1 aromatic rings. The highest BCUT2D eigenvalue weighted by Crippen LogP contribution is 2.43. The number of amides is 1. The van der Waals surface area contributed by atoms with Crippen LogP contribution in [0.15, 0.2) is 30.4 Å². The lowest BCUT2D eigenvalue weighted by Crippen LogP contribution is -2.18. The Kier molecular flexibility index (Phi) is 3.51. The lowest BCUT2D eigenvalue weighted by Gasteiger charge is -2.19. The highest BCUT2D eigenvalue weighted by molar-refractivity contribution is 5.90. The molecule has 1 amide bonds. The van der Waals surface area contributed by atoms with Gasteiger partial charge in [0, 0.05) is 24.8 Å². The van der Waals surface area contributed by atoms with Gasteiger partial charge in [0.2, 0.25) is 5.91 Å². The Hall–Kier alpha value is -1.77. The maximum absolute atomic E-state index is 11.2. The highest BCUT2D eigenvalue weighted by Gasteiger charge is 2.35. The largest absolute Gasteiger partial charge is 0.385 e. The van der Waals surface area contributed by atoms with E-state index in [2.05, 4.69) is 28.9 Å². The van der Waals surface area contributed by atoms with Crippen molar-refractivity contribution < 1.29 is 4.79 Å². The van der Waals surface area contributed by atoms with Gasteiger partial charge in [-0.05, 0) is 55.2 Å². The van der Waals surface area contributed by atoms with Crippen molar-refractivity contribution in [1.29, 1.82) is 0 Å². The van der Waals surface area contributed by atoms with E-state index in [-0.39, 0.29) is 5.91 Å². The van der Waals surface area contributed by atoms with Crippen LogP contribution >= 0.6 is 0 Å². The predicted molar refractivity (Wildman–Crippen MR) is 82.8 cm³/mol. The maximum atomic E-state index is 11.2. The number of nitrogens with one attached hydrogen (secondary N) is 2. The second kappa shape index (κ2) is 5.31. The lowest BCUT2D eigenvalue weighted by molar-refractivity contribution is -0.114. The zero-order valence-electron chi connectivity index (χ0n) is 12.1. The van der Waals surface area contributed by atoms with Crippen LogP contribution in [0.2, 0.25) is 0 Å². The molecule has 2 bridgehead atoms. The first-order chi connectivity index (χ1) is 9.61. The van der Waals surface area contributed by atoms with Crippen LogP contribution in [0.3, 0.4) is 0 Å². The molecule has 0 spiro atoms. The van der Waals surface area contributed by atoms with E-state index >= 15 is 0 Å². The molecule has 2 aliphatic rings. The highest BCUT2D eigenvalue weighted by atomic mass is 16.1. The number of allylic oxidation sites excluding steroid dienone is 2. The molecule has 0 aromatic heterocycles. The number of fused-ring (bicyclic) bond motifs is 2. The van der Waals surface area contributed by atoms with Crippen molar-refractivity contribution in [3.8, 4) is 0 Å². The number of hydrogen-bond donors (Lipinski definition) is 2. The van der Waals surface area contributed by atoms with Crippen LogP contribution in [0.25, 0.3) is 0 Å². The van der Waals surface area contributed by atoms with E-state index in [1.807, 2.05) is 19.1 Å². The Bertz CT molecular complexity index is 550. The van der Waals surface area contributed by atoms with Crippen LogP contribution in [0.5, 0.6) is 0 Å². The summed E-state index contributed by atoms with van der Waals surface area (Å²) in [4.78, 5) is 11.2. The topological polar surface area (TPSA) is 41.1 Å². The fourth-order valence-electron chi connectivity index (χ4n) is 3.43. The molecule has 0 radical (unpaired) electrons. The van der Waals surface area contributed by atoms with Crippen molar-refractivity contribution in [3.63, 3.8) is 0 Å². The summed E-state index contributed by atoms with van der Waals surface area (Å²) in [6, 6.07) is 6.16. The first-order valence-electron chi connectivity index (χ1n) is 7.42. The van der Waals surface area contributed by atoms with E-state index in [1.165, 1.54) is 12.8 Å². The minimum Gasteiger partial charge on any atom is -0.385 e. The van der Waals surface area contributed by atoms with Crippen LogP contribution in [-0.2, 0) is 4.79 Å². The summed E-state index contributed by atoms with van der Waals surface area (Å²) >= 11 is 0. The maximum Gasteiger partial charge on any atom is 0.221 e. The first kappa shape index (κ1) is 13.2. The predicted octanol–water partition coefficient (Wildman–Crippen LogP) is 3.58. The number of carbonyl (C=O) groups excluding carboxylic acids is 1. The van der Waals surface area contributed by atoms with E-state index in [1.54, 1.807) is 6.92 Å². The van der Waals surface area contributed by atoms with Gasteiger partial charge in [-0.25, -0.2) is 0 Å². The average Bonchev–Trinajstić information content (AvgIpc) is 3.01. The zero-order valence-corrected chi connectivity index (χ0v) is 12.1. The van der Waals surface area contributed by atoms with Crippen LogP contribution < -0.4 is 10.6 Å². The Labute approximate surface area is 120 Å². The Morgan fingerprint density at radius 3 is 2.80 bits per heavy atom. The second-order valence-corrected chi connectivity index (χ2v) is 6.13. The Morgan fingerprint density at radius 1 is 1.30 bits per heavy atom. The summed E-state index contributed by atoms with van der Waals surface area (Å²) in [5, 5.41) is 6.41. The first-order valence-corrected chi connectivity index (χ1v) is 7.42. The van der Waals surface area contributed by atoms with Crippen molar-refractivity contribution in [2.45, 2.75) is 26.7 Å². The molecule has 2 aliphatic carbocycles. The molecule has 0 aliphatic heterocycles. The Balaban J connectivity index is 1.62. The zero-order chi connectivity index (χ0) is 14.1. The summed E-state index contributed by atoms with van der Waals surface area (Å²) in [6.45, 7) is 4.57. The van der Waals surface area contributed by atoms with Crippen LogP contribution in [0.1, 0.15) is 25.3 Å². The molecule has 20 heavy (non-hydrogen) atoms. The number of hydrogen-bond acceptors (Lipinski definition) is 2. The van der Waals surface area contributed by atoms with E-state index in [4.69, 9.17) is 0 Å². The minimum absolute atomic E-state index is 0.0245. The van der Waals surface area contributed by atoms with Crippen molar-refractivity contribution >= 4 is 17.3 Å². The second-order valence-electron chi connectivity index (χ2n) is 6.13. The molecule has 1 saturated carbocycles. The molecule has 3 rings (SSSR count). The van der Waals surface area contributed by atoms with Gasteiger partial charge >= 0.3 is 0 Å². The van der Waals surface area contributed by atoms with Gasteiger partial charge < -0.3 is 10.6 Å². The van der Waals surface area contributed by atoms with Crippen LogP contribution in [-0.4, -0.2) is 12.5 Å². The fourth-order valence-corrected chi connectivity index (χ4v) is 3.43. The Morgan fingerprint density at radius 2 is 2.15 bits per heavy atom. The molecular weight excluding hydrogens is 248 g/mol. The normalized spacial score (nSPS) is 26.8. The molecule has 3 heteroatoms. The van der Waals surface area contributed by atoms with Crippen LogP contribution in [0.4, 0.5) is 11.4 Å². The van der Waals surface area contributed by atoms with Gasteiger partial charge in [0.05, 0.1) is 0 Å². The number of carbonyl (C=O) groups is 1. The van der Waals surface area contributed by atoms with E-state index in [0.717, 1.165) is 41.2 Å². The van der Waals surface area contributed by atoms with Gasteiger partial charge in [-0.3, -0.25) is 4.79 Å². The van der Waals surface area contributed by atoms with Crippen molar-refractivity contribution in [3.05, 3.63) is 35.9 Å². The van der Waals surface area contributed by atoms with E-state index in [9.17, 15) is 4.79 Å². The molecule has 1 aromatic carbocycles. The number of rotatable bonds is 4. The van der Waals surface area contributed by atoms with Gasteiger partial charge in [0.15, 0.2) is 0 Å². The van der Waals surface area contributed by atoms with Gasteiger partial charge in [0.25, 0.3) is 0 Å². The number of aryl methyl sites for hydroxylation is 1. The summed E-state index contributed by atoms with van der Waals surface area (Å²) in [5.74, 6) is 2.33. The molecule has 0 heterocycles. The van der Waals surface area contributed by atoms with Crippen LogP contribution in [0, 0.1) is 24.7 Å². The third-order valence-electron chi connectivity index (χ3n) is 4.53.